The van der Waals surface area contributed by atoms with Crippen LogP contribution in [0, 0.1) is 24.2 Å². The number of halogens is 5. The van der Waals surface area contributed by atoms with Gasteiger partial charge in [-0.3, -0.25) is 24.5 Å². The largest absolute Gasteiger partial charge is 0.504 e. The second-order valence-electron chi connectivity index (χ2n) is 11.6. The zero-order chi connectivity index (χ0) is 36.8. The molecule has 3 aliphatic rings. The fourth-order valence-corrected chi connectivity index (χ4v) is 6.93. The lowest BCUT2D eigenvalue weighted by atomic mass is 9.68. The number of likely N-dealkylation sites (tertiary alicyclic amines) is 1. The van der Waals surface area contributed by atoms with Crippen molar-refractivity contribution in [3.63, 3.8) is 0 Å². The minimum Gasteiger partial charge on any atom is -0.504 e. The summed E-state index contributed by atoms with van der Waals surface area (Å²) in [6.07, 6.45) is -2.77. The van der Waals surface area contributed by atoms with Crippen LogP contribution >= 0.6 is 27.5 Å². The molecule has 2 fully saturated rings. The maximum atomic E-state index is 14.0. The third kappa shape index (κ3) is 8.11. The lowest BCUT2D eigenvalue weighted by molar-refractivity contribution is -0.137. The van der Waals surface area contributed by atoms with Crippen LogP contribution in [0.4, 0.5) is 18.9 Å². The first-order valence-corrected chi connectivity index (χ1v) is 17.1. The summed E-state index contributed by atoms with van der Waals surface area (Å²) in [6.45, 7) is 13.9. The molecule has 49 heavy (non-hydrogen) atoms. The number of aromatic hydroxyl groups is 1. The number of nitrogens with one attached hydrogen (secondary N) is 3. The summed E-state index contributed by atoms with van der Waals surface area (Å²) in [7, 11) is 1.73. The maximum Gasteiger partial charge on any atom is 0.416 e. The number of H-pyrrole nitrogens is 1. The van der Waals surface area contributed by atoms with E-state index in [0.29, 0.717) is 42.2 Å². The number of hydrazone groups is 1. The van der Waals surface area contributed by atoms with Gasteiger partial charge in [-0.15, -0.1) is 0 Å². The van der Waals surface area contributed by atoms with Gasteiger partial charge in [0.1, 0.15) is 12.2 Å². The molecule has 4 unspecified atom stereocenters. The highest BCUT2D eigenvalue weighted by atomic mass is 79.9. The fraction of sp³-hybridized carbons (Fsp3) is 0.500. The van der Waals surface area contributed by atoms with Crippen molar-refractivity contribution in [1.82, 2.24) is 25.4 Å². The summed E-state index contributed by atoms with van der Waals surface area (Å²) >= 11 is 8.99. The minimum absolute atomic E-state index is 0.0139. The van der Waals surface area contributed by atoms with Crippen LogP contribution in [0.2, 0.25) is 5.02 Å². The molecule has 17 heteroatoms. The molecule has 1 aromatic carbocycles. The van der Waals surface area contributed by atoms with E-state index in [1.54, 1.807) is 18.9 Å². The molecular formula is C32H41BrClF3N8O4. The minimum atomic E-state index is -4.60. The number of aliphatic imine (C=N–C) groups is 1. The molecule has 2 aliphatic carbocycles. The summed E-state index contributed by atoms with van der Waals surface area (Å²) in [5, 5.41) is 26.8. The Kier molecular flexibility index (Phi) is 13.1. The Labute approximate surface area is 296 Å². The second kappa shape index (κ2) is 16.2. The number of carbonyl (C=O) groups excluding carboxylic acids is 3. The average Bonchev–Trinajstić information content (AvgIpc) is 3.75. The van der Waals surface area contributed by atoms with Crippen molar-refractivity contribution in [3.8, 4) is 5.75 Å². The number of hydrogen-bond acceptors (Lipinski definition) is 8. The highest BCUT2D eigenvalue weighted by molar-refractivity contribution is 9.09. The maximum absolute atomic E-state index is 14.0. The Morgan fingerprint density at radius 1 is 1.29 bits per heavy atom. The van der Waals surface area contributed by atoms with Gasteiger partial charge >= 0.3 is 6.18 Å². The van der Waals surface area contributed by atoms with E-state index < -0.39 is 35.5 Å². The molecule has 4 atom stereocenters. The quantitative estimate of drug-likeness (QED) is 0.112. The van der Waals surface area contributed by atoms with E-state index in [1.165, 1.54) is 0 Å². The van der Waals surface area contributed by atoms with Crippen LogP contribution in [0.3, 0.4) is 0 Å². The molecule has 268 valence electrons. The number of rotatable bonds is 8. The van der Waals surface area contributed by atoms with Crippen molar-refractivity contribution in [1.29, 1.82) is 0 Å². The molecule has 1 saturated carbocycles. The molecule has 1 aliphatic heterocycles. The van der Waals surface area contributed by atoms with Crippen LogP contribution < -0.4 is 10.6 Å². The molecule has 3 amide bonds. The Morgan fingerprint density at radius 3 is 2.43 bits per heavy atom. The number of benzene rings is 1. The van der Waals surface area contributed by atoms with Crippen LogP contribution in [0.5, 0.6) is 5.75 Å². The van der Waals surface area contributed by atoms with Crippen LogP contribution in [0.15, 0.2) is 39.6 Å². The summed E-state index contributed by atoms with van der Waals surface area (Å²) < 4.78 is 39.0. The van der Waals surface area contributed by atoms with E-state index in [-0.39, 0.29) is 45.9 Å². The van der Waals surface area contributed by atoms with E-state index in [0.717, 1.165) is 29.3 Å². The van der Waals surface area contributed by atoms with Crippen molar-refractivity contribution < 1.29 is 32.7 Å². The van der Waals surface area contributed by atoms with E-state index in [4.69, 9.17) is 11.6 Å². The zero-order valence-electron chi connectivity index (χ0n) is 27.9. The summed E-state index contributed by atoms with van der Waals surface area (Å²) in [5.74, 6) is -1.53. The Hall–Kier alpha value is -3.92. The summed E-state index contributed by atoms with van der Waals surface area (Å²) in [6, 6.07) is 2.25. The Balaban J connectivity index is 0.00000101. The van der Waals surface area contributed by atoms with Gasteiger partial charge in [0.05, 0.1) is 21.7 Å². The molecule has 1 spiro atoms. The highest BCUT2D eigenvalue weighted by Gasteiger charge is 2.65. The van der Waals surface area contributed by atoms with Gasteiger partial charge in [-0.05, 0) is 63.9 Å². The topological polar surface area (TPSA) is 155 Å². The first-order valence-electron chi connectivity index (χ1n) is 15.6. The predicted molar refractivity (Wildman–Crippen MR) is 186 cm³/mol. The fourth-order valence-electron chi connectivity index (χ4n) is 6.70. The van der Waals surface area contributed by atoms with Crippen LogP contribution in [-0.2, 0) is 15.8 Å². The van der Waals surface area contributed by atoms with Crippen molar-refractivity contribution in [2.24, 2.45) is 27.3 Å². The third-order valence-corrected chi connectivity index (χ3v) is 9.52. The van der Waals surface area contributed by atoms with Gasteiger partial charge in [-0.1, -0.05) is 41.4 Å². The first kappa shape index (κ1) is 39.5. The van der Waals surface area contributed by atoms with E-state index in [9.17, 15) is 32.7 Å². The van der Waals surface area contributed by atoms with E-state index in [1.807, 2.05) is 20.8 Å². The number of aromatic nitrogens is 2. The molecule has 0 bridgehead atoms. The molecule has 1 aromatic heterocycles. The number of aryl methyl sites for hydroxylation is 1. The SMILES string of the molecule is C=NCBr.C=NN(CC(=O)Nc1ccc(C(F)(F)F)cc1Cl)C(=O)C1=C(NC)C2CC2C12CCN(C(=O)c1[nH]nc(C)c1O)C(C)C2.CC. The van der Waals surface area contributed by atoms with Gasteiger partial charge in [-0.25, -0.2) is 5.01 Å². The number of amides is 3. The van der Waals surface area contributed by atoms with Gasteiger partial charge in [-0.2, -0.15) is 23.4 Å². The van der Waals surface area contributed by atoms with Gasteiger partial charge < -0.3 is 20.6 Å². The molecule has 5 rings (SSSR count). The number of alkyl halides is 4. The smallest absolute Gasteiger partial charge is 0.416 e. The first-order chi connectivity index (χ1) is 23.1. The van der Waals surface area contributed by atoms with Crippen molar-refractivity contribution in [3.05, 3.63) is 51.4 Å². The predicted octanol–water partition coefficient (Wildman–Crippen LogP) is 5.98. The number of allylic oxidation sites excluding steroid dienone is 1. The number of nitrogens with zero attached hydrogens (tertiary/aromatic N) is 5. The van der Waals surface area contributed by atoms with Crippen molar-refractivity contribution >= 4 is 64.4 Å². The van der Waals surface area contributed by atoms with E-state index in [2.05, 4.69) is 60.3 Å². The molecule has 2 heterocycles. The molecule has 4 N–H and O–H groups in total. The third-order valence-electron chi connectivity index (χ3n) is 8.86. The molecule has 12 nitrogen and oxygen atoms in total. The number of carbonyl (C=O) groups is 3. The molecule has 2 aromatic rings. The molecule has 1 saturated heterocycles. The number of hydrogen-bond donors (Lipinski definition) is 4. The number of anilines is 1. The summed E-state index contributed by atoms with van der Waals surface area (Å²) in [4.78, 5) is 45.2. The van der Waals surface area contributed by atoms with E-state index >= 15 is 0 Å². The normalized spacial score (nSPS) is 22.2. The summed E-state index contributed by atoms with van der Waals surface area (Å²) in [5.41, 5.74) is 0.638. The van der Waals surface area contributed by atoms with Crippen molar-refractivity contribution in [2.75, 3.05) is 30.9 Å². The van der Waals surface area contributed by atoms with Gasteiger partial charge in [0.25, 0.3) is 11.8 Å². The lowest BCUT2D eigenvalue weighted by Gasteiger charge is -2.46. The second-order valence-corrected chi connectivity index (χ2v) is 12.5. The molecular weight excluding hydrogens is 733 g/mol. The standard InChI is InChI=1S/C28H31ClF3N7O4.C2H4BrN.C2H6/c1-13-11-27(7-8-38(13)26(43)23-24(41)14(2)36-37-23)17-10-16(17)22(33-3)21(27)25(42)39(34-4)12-20(40)35-19-6-5-15(9-18(19)29)28(30,31)32;1-4-2-3;1-2/h5-6,9,13,16-17,33,41H,4,7-8,10-12H2,1-3H3,(H,35,40)(H,36,37);1-2H2;1-2H3. The Bertz CT molecular complexity index is 1620. The lowest BCUT2D eigenvalue weighted by Crippen LogP contribution is -2.51. The monoisotopic (exact) mass is 772 g/mol. The van der Waals surface area contributed by atoms with Crippen molar-refractivity contribution in [2.45, 2.75) is 59.2 Å². The average molecular weight is 774 g/mol. The van der Waals surface area contributed by atoms with Crippen LogP contribution in [0.25, 0.3) is 0 Å². The van der Waals surface area contributed by atoms with Crippen LogP contribution in [-0.4, -0.2) is 88.0 Å². The van der Waals surface area contributed by atoms with Gasteiger partial charge in [0.2, 0.25) is 5.91 Å². The number of aromatic amines is 1. The number of piperidine rings is 1. The van der Waals surface area contributed by atoms with Crippen LogP contribution in [0.1, 0.15) is 61.8 Å². The van der Waals surface area contributed by atoms with Gasteiger partial charge in [0.15, 0.2) is 11.4 Å². The Morgan fingerprint density at radius 2 is 1.94 bits per heavy atom. The molecule has 0 radical (unpaired) electrons. The van der Waals surface area contributed by atoms with Gasteiger partial charge in [0, 0.05) is 49.0 Å². The highest BCUT2D eigenvalue weighted by Crippen LogP contribution is 2.68. The number of fused-ring (bicyclic) bond motifs is 2. The zero-order valence-corrected chi connectivity index (χ0v) is 30.3.